The van der Waals surface area contributed by atoms with E-state index in [1.807, 2.05) is 46.9 Å². The molecule has 0 aliphatic rings. The molecule has 10 heteroatoms. The molecule has 0 spiro atoms. The first kappa shape index (κ1) is 23.1. The molecular formula is C23H15ClIN3O4S. The van der Waals surface area contributed by atoms with E-state index in [-0.39, 0.29) is 16.4 Å². The summed E-state index contributed by atoms with van der Waals surface area (Å²) in [5.41, 5.74) is 2.49. The van der Waals surface area contributed by atoms with Crippen LogP contribution in [0.4, 0.5) is 0 Å². The molecule has 0 saturated carbocycles. The number of ether oxygens (including phenoxy) is 1. The normalized spacial score (nSPS) is 11.9. The van der Waals surface area contributed by atoms with E-state index in [0.29, 0.717) is 25.6 Å². The van der Waals surface area contributed by atoms with Crippen molar-refractivity contribution in [3.63, 3.8) is 0 Å². The number of methoxy groups -OCH3 is 1. The molecule has 7 nitrogen and oxygen atoms in total. The molecule has 4 rings (SSSR count). The Balaban J connectivity index is 1.71. The maximum Gasteiger partial charge on any atom is 0.339 e. The standard InChI is InChI=1S/C23H15ClIN3O4S/c1-31-21-12-14(10-15(13-26)23-27-19-4-2-3-5-20(19)28-23)11-18(25)22(21)32-33(29,30)17-8-6-16(24)7-9-17/h2-12H,1H3,(H,27,28)/b15-10+. The first-order valence-electron chi connectivity index (χ1n) is 9.45. The number of halogens is 2. The van der Waals surface area contributed by atoms with E-state index in [4.69, 9.17) is 20.5 Å². The third-order valence-corrected chi connectivity index (χ3v) is 6.91. The second-order valence-corrected chi connectivity index (χ2v) is 9.94. The maximum atomic E-state index is 12.7. The number of aromatic nitrogens is 2. The molecule has 0 aliphatic heterocycles. The van der Waals surface area contributed by atoms with Gasteiger partial charge in [-0.15, -0.1) is 0 Å². The van der Waals surface area contributed by atoms with Gasteiger partial charge >= 0.3 is 10.1 Å². The van der Waals surface area contributed by atoms with E-state index in [2.05, 4.69) is 16.0 Å². The summed E-state index contributed by atoms with van der Waals surface area (Å²) in [5, 5.41) is 10.1. The number of nitriles is 1. The van der Waals surface area contributed by atoms with Gasteiger partial charge in [-0.25, -0.2) is 4.98 Å². The van der Waals surface area contributed by atoms with Crippen molar-refractivity contribution in [1.29, 1.82) is 5.26 Å². The minimum atomic E-state index is -4.11. The van der Waals surface area contributed by atoms with Gasteiger partial charge in [-0.1, -0.05) is 23.7 Å². The molecule has 0 radical (unpaired) electrons. The molecule has 0 saturated heterocycles. The van der Waals surface area contributed by atoms with Gasteiger partial charge in [-0.2, -0.15) is 13.7 Å². The molecule has 1 aromatic heterocycles. The summed E-state index contributed by atoms with van der Waals surface area (Å²) in [6.07, 6.45) is 1.64. The molecule has 33 heavy (non-hydrogen) atoms. The smallest absolute Gasteiger partial charge is 0.339 e. The van der Waals surface area contributed by atoms with Crippen LogP contribution in [0.25, 0.3) is 22.7 Å². The van der Waals surface area contributed by atoms with E-state index < -0.39 is 10.1 Å². The summed E-state index contributed by atoms with van der Waals surface area (Å²) in [7, 11) is -2.70. The molecule has 0 aliphatic carbocycles. The molecule has 4 aromatic rings. The van der Waals surface area contributed by atoms with Gasteiger partial charge in [0.05, 0.1) is 27.3 Å². The molecule has 0 bridgehead atoms. The second kappa shape index (κ2) is 9.43. The Morgan fingerprint density at radius 2 is 1.91 bits per heavy atom. The van der Waals surface area contributed by atoms with Crippen LogP contribution in [0.15, 0.2) is 65.6 Å². The van der Waals surface area contributed by atoms with Crippen molar-refractivity contribution >= 4 is 67.0 Å². The number of allylic oxidation sites excluding steroid dienone is 1. The molecule has 3 aromatic carbocycles. The number of nitrogens with one attached hydrogen (secondary N) is 1. The highest BCUT2D eigenvalue weighted by atomic mass is 127. The number of fused-ring (bicyclic) bond motifs is 1. The molecule has 0 atom stereocenters. The molecule has 0 fully saturated rings. The lowest BCUT2D eigenvalue weighted by molar-refractivity contribution is 0.389. The van der Waals surface area contributed by atoms with Crippen molar-refractivity contribution in [3.8, 4) is 17.6 Å². The first-order valence-corrected chi connectivity index (χ1v) is 12.3. The summed E-state index contributed by atoms with van der Waals surface area (Å²) in [4.78, 5) is 7.55. The third-order valence-electron chi connectivity index (χ3n) is 4.62. The summed E-state index contributed by atoms with van der Waals surface area (Å²) in [6, 6.07) is 18.6. The third kappa shape index (κ3) is 4.98. The molecule has 0 amide bonds. The first-order chi connectivity index (χ1) is 15.8. The van der Waals surface area contributed by atoms with Crippen LogP contribution in [0.5, 0.6) is 11.5 Å². The Bertz CT molecular complexity index is 1490. The second-order valence-electron chi connectivity index (χ2n) is 6.80. The fraction of sp³-hybridized carbons (Fsp3) is 0.0435. The van der Waals surface area contributed by atoms with E-state index in [1.54, 1.807) is 18.2 Å². The molecule has 0 unspecified atom stereocenters. The van der Waals surface area contributed by atoms with Crippen molar-refractivity contribution in [2.75, 3.05) is 7.11 Å². The van der Waals surface area contributed by atoms with E-state index in [0.717, 1.165) is 11.0 Å². The van der Waals surface area contributed by atoms with Crippen LogP contribution in [0.3, 0.4) is 0 Å². The van der Waals surface area contributed by atoms with Crippen LogP contribution < -0.4 is 8.92 Å². The van der Waals surface area contributed by atoms with Crippen molar-refractivity contribution in [1.82, 2.24) is 9.97 Å². The number of aromatic amines is 1. The highest BCUT2D eigenvalue weighted by Crippen LogP contribution is 2.37. The van der Waals surface area contributed by atoms with Crippen molar-refractivity contribution in [2.24, 2.45) is 0 Å². The van der Waals surface area contributed by atoms with Gasteiger partial charge in [0, 0.05) is 5.02 Å². The Labute approximate surface area is 208 Å². The van der Waals surface area contributed by atoms with Gasteiger partial charge in [0.15, 0.2) is 11.5 Å². The summed E-state index contributed by atoms with van der Waals surface area (Å²) in [6.45, 7) is 0. The lowest BCUT2D eigenvalue weighted by Crippen LogP contribution is -2.11. The largest absolute Gasteiger partial charge is 0.493 e. The van der Waals surface area contributed by atoms with Gasteiger partial charge in [-0.05, 0) is 82.8 Å². The number of rotatable bonds is 6. The van der Waals surface area contributed by atoms with Gasteiger partial charge in [0.1, 0.15) is 16.8 Å². The molecule has 166 valence electrons. The SMILES string of the molecule is COc1cc(/C=C(\C#N)c2nc3ccccc3[nH]2)cc(I)c1OS(=O)(=O)c1ccc(Cl)cc1. The topological polar surface area (TPSA) is 105 Å². The number of para-hydroxylation sites is 2. The highest BCUT2D eigenvalue weighted by Gasteiger charge is 2.22. The summed E-state index contributed by atoms with van der Waals surface area (Å²) in [5.74, 6) is 0.679. The van der Waals surface area contributed by atoms with Crippen LogP contribution >= 0.6 is 34.2 Å². The zero-order chi connectivity index (χ0) is 23.6. The molecular weight excluding hydrogens is 577 g/mol. The minimum Gasteiger partial charge on any atom is -0.493 e. The average Bonchev–Trinajstić information content (AvgIpc) is 3.23. The lowest BCUT2D eigenvalue weighted by atomic mass is 10.1. The minimum absolute atomic E-state index is 0.0367. The summed E-state index contributed by atoms with van der Waals surface area (Å²) >= 11 is 7.80. The van der Waals surface area contributed by atoms with E-state index in [1.165, 1.54) is 31.4 Å². The number of imidazole rings is 1. The van der Waals surface area contributed by atoms with Crippen molar-refractivity contribution < 1.29 is 17.3 Å². The zero-order valence-electron chi connectivity index (χ0n) is 17.0. The number of nitrogens with zero attached hydrogens (tertiary/aromatic N) is 2. The van der Waals surface area contributed by atoms with Crippen LogP contribution in [0.2, 0.25) is 5.02 Å². The number of hydrogen-bond donors (Lipinski definition) is 1. The molecule has 1 heterocycles. The highest BCUT2D eigenvalue weighted by molar-refractivity contribution is 14.1. The fourth-order valence-corrected chi connectivity index (χ4v) is 5.03. The van der Waals surface area contributed by atoms with Gasteiger partial charge < -0.3 is 13.9 Å². The van der Waals surface area contributed by atoms with Crippen molar-refractivity contribution in [3.05, 3.63) is 80.6 Å². The van der Waals surface area contributed by atoms with Crippen molar-refractivity contribution in [2.45, 2.75) is 4.90 Å². The average molecular weight is 592 g/mol. The van der Waals surface area contributed by atoms with Gasteiger partial charge in [0.25, 0.3) is 0 Å². The monoisotopic (exact) mass is 591 g/mol. The van der Waals surface area contributed by atoms with Gasteiger partial charge in [0.2, 0.25) is 0 Å². The fourth-order valence-electron chi connectivity index (χ4n) is 3.06. The Morgan fingerprint density at radius 3 is 2.58 bits per heavy atom. The lowest BCUT2D eigenvalue weighted by Gasteiger charge is -2.13. The van der Waals surface area contributed by atoms with Crippen LogP contribution in [0, 0.1) is 14.9 Å². The Morgan fingerprint density at radius 1 is 1.18 bits per heavy atom. The summed E-state index contributed by atoms with van der Waals surface area (Å²) < 4.78 is 36.7. The molecule has 1 N–H and O–H groups in total. The quantitative estimate of drug-likeness (QED) is 0.176. The van der Waals surface area contributed by atoms with E-state index >= 15 is 0 Å². The zero-order valence-corrected chi connectivity index (χ0v) is 20.8. The van der Waals surface area contributed by atoms with E-state index in [9.17, 15) is 13.7 Å². The number of benzene rings is 3. The number of H-pyrrole nitrogens is 1. The predicted octanol–water partition coefficient (Wildman–Crippen LogP) is 5.66. The Hall–Kier alpha value is -3.07. The van der Waals surface area contributed by atoms with Gasteiger partial charge in [-0.3, -0.25) is 0 Å². The maximum absolute atomic E-state index is 12.7. The Kier molecular flexibility index (Phi) is 6.60. The van der Waals surface area contributed by atoms with Crippen LogP contribution in [-0.2, 0) is 10.1 Å². The van der Waals surface area contributed by atoms with Crippen LogP contribution in [-0.4, -0.2) is 25.5 Å². The number of hydrogen-bond acceptors (Lipinski definition) is 6. The van der Waals surface area contributed by atoms with Crippen LogP contribution in [0.1, 0.15) is 11.4 Å². The predicted molar refractivity (Wildman–Crippen MR) is 135 cm³/mol.